The molecule has 1 saturated heterocycles. The van der Waals surface area contributed by atoms with Crippen LogP contribution in [0.3, 0.4) is 0 Å². The van der Waals surface area contributed by atoms with Gasteiger partial charge in [-0.05, 0) is 55.3 Å². The highest BCUT2D eigenvalue weighted by Crippen LogP contribution is 2.38. The number of aromatic nitrogens is 1. The van der Waals surface area contributed by atoms with Crippen molar-refractivity contribution in [2.45, 2.75) is 13.3 Å². The number of hydrogen-bond donors (Lipinski definition) is 0. The Balaban J connectivity index is 1.57. The highest BCUT2D eigenvalue weighted by Gasteiger charge is 2.20. The fourth-order valence-electron chi connectivity index (χ4n) is 4.30. The van der Waals surface area contributed by atoms with E-state index in [1.54, 1.807) is 50.5 Å². The number of hydrogen-bond acceptors (Lipinski definition) is 9. The third kappa shape index (κ3) is 6.75. The Hall–Kier alpha value is -3.34. The zero-order chi connectivity index (χ0) is 26.9. The first-order chi connectivity index (χ1) is 18.6. The molecule has 38 heavy (non-hydrogen) atoms. The summed E-state index contributed by atoms with van der Waals surface area (Å²) < 4.78 is 28.4. The summed E-state index contributed by atoms with van der Waals surface area (Å²) in [7, 11) is 4.69. The molecule has 10 heteroatoms. The molecule has 9 nitrogen and oxygen atoms in total. The highest BCUT2D eigenvalue weighted by atomic mass is 32.1. The van der Waals surface area contributed by atoms with Crippen LogP contribution >= 0.6 is 11.3 Å². The lowest BCUT2D eigenvalue weighted by molar-refractivity contribution is -0.114. The molecule has 1 aliphatic heterocycles. The van der Waals surface area contributed by atoms with E-state index in [0.717, 1.165) is 60.8 Å². The fraction of sp³-hybridized carbons (Fsp3) is 0.429. The van der Waals surface area contributed by atoms with Crippen LogP contribution in [-0.4, -0.2) is 83.1 Å². The lowest BCUT2D eigenvalue weighted by Gasteiger charge is -2.27. The third-order valence-corrected chi connectivity index (χ3v) is 7.26. The van der Waals surface area contributed by atoms with Crippen molar-refractivity contribution in [2.75, 3.05) is 72.2 Å². The maximum Gasteiger partial charge on any atom is 0.252 e. The van der Waals surface area contributed by atoms with E-state index in [1.165, 1.54) is 11.3 Å². The summed E-state index contributed by atoms with van der Waals surface area (Å²) in [6, 6.07) is 9.43. The summed E-state index contributed by atoms with van der Waals surface area (Å²) in [5.74, 6) is 2.20. The molecule has 4 rings (SSSR count). The first-order valence-electron chi connectivity index (χ1n) is 12.7. The molecule has 1 aromatic heterocycles. The van der Waals surface area contributed by atoms with Crippen LogP contribution in [0.4, 0.5) is 5.13 Å². The Labute approximate surface area is 227 Å². The van der Waals surface area contributed by atoms with Crippen molar-refractivity contribution < 1.29 is 28.5 Å². The number of anilines is 1. The molecule has 2 heterocycles. The number of nitrogens with zero attached hydrogens (tertiary/aromatic N) is 3. The molecule has 0 aliphatic carbocycles. The van der Waals surface area contributed by atoms with Gasteiger partial charge in [-0.2, -0.15) is 0 Å². The quantitative estimate of drug-likeness (QED) is 0.310. The van der Waals surface area contributed by atoms with Crippen molar-refractivity contribution in [3.8, 4) is 23.0 Å². The van der Waals surface area contributed by atoms with Crippen LogP contribution in [0.2, 0.25) is 0 Å². The number of carbonyl (C=O) groups is 1. The monoisotopic (exact) mass is 541 g/mol. The van der Waals surface area contributed by atoms with Crippen LogP contribution in [0.15, 0.2) is 36.4 Å². The minimum atomic E-state index is -0.148. The largest absolute Gasteiger partial charge is 0.494 e. The van der Waals surface area contributed by atoms with Gasteiger partial charge < -0.3 is 23.7 Å². The van der Waals surface area contributed by atoms with Crippen molar-refractivity contribution in [3.05, 3.63) is 42.0 Å². The minimum Gasteiger partial charge on any atom is -0.494 e. The van der Waals surface area contributed by atoms with Gasteiger partial charge in [0.15, 0.2) is 16.6 Å². The zero-order valence-electron chi connectivity index (χ0n) is 22.4. The third-order valence-electron chi connectivity index (χ3n) is 6.22. The lowest BCUT2D eigenvalue weighted by atomic mass is 10.1. The van der Waals surface area contributed by atoms with Gasteiger partial charge >= 0.3 is 0 Å². The second-order valence-electron chi connectivity index (χ2n) is 8.65. The smallest absolute Gasteiger partial charge is 0.252 e. The lowest BCUT2D eigenvalue weighted by Crippen LogP contribution is -2.39. The second kappa shape index (κ2) is 13.5. The van der Waals surface area contributed by atoms with Gasteiger partial charge in [0.25, 0.3) is 5.91 Å². The van der Waals surface area contributed by atoms with Crippen LogP contribution in [0.5, 0.6) is 23.0 Å². The molecular formula is C28H35N3O6S. The van der Waals surface area contributed by atoms with Crippen molar-refractivity contribution in [1.82, 2.24) is 9.88 Å². The molecule has 1 amide bonds. The molecule has 1 fully saturated rings. The molecule has 0 N–H and O–H groups in total. The SMILES string of the molecule is CCOc1ccc2nc(N(CCCN3CCOCC3)C(=O)/C=C/c3cc(OC)c(OC)c(OC)c3)sc2c1. The average molecular weight is 542 g/mol. The molecule has 0 spiro atoms. The number of morpholine rings is 1. The molecular weight excluding hydrogens is 506 g/mol. The van der Waals surface area contributed by atoms with Gasteiger partial charge in [0, 0.05) is 32.3 Å². The molecule has 0 radical (unpaired) electrons. The van der Waals surface area contributed by atoms with E-state index in [9.17, 15) is 4.79 Å². The predicted molar refractivity (Wildman–Crippen MR) is 150 cm³/mol. The van der Waals surface area contributed by atoms with E-state index in [0.29, 0.717) is 35.5 Å². The molecule has 0 unspecified atom stereocenters. The highest BCUT2D eigenvalue weighted by molar-refractivity contribution is 7.22. The molecule has 2 aromatic carbocycles. The molecule has 3 aromatic rings. The van der Waals surface area contributed by atoms with E-state index >= 15 is 0 Å². The van der Waals surface area contributed by atoms with E-state index in [2.05, 4.69) is 4.90 Å². The zero-order valence-corrected chi connectivity index (χ0v) is 23.2. The first kappa shape index (κ1) is 27.7. The molecule has 0 bridgehead atoms. The van der Waals surface area contributed by atoms with E-state index in [-0.39, 0.29) is 5.91 Å². The Morgan fingerprint density at radius 1 is 1.11 bits per heavy atom. The Kier molecular flexibility index (Phi) is 9.80. The number of rotatable bonds is 12. The Morgan fingerprint density at radius 2 is 1.84 bits per heavy atom. The van der Waals surface area contributed by atoms with Gasteiger partial charge in [-0.25, -0.2) is 4.98 Å². The number of amides is 1. The summed E-state index contributed by atoms with van der Waals surface area (Å²) in [5.41, 5.74) is 1.60. The number of benzene rings is 2. The summed E-state index contributed by atoms with van der Waals surface area (Å²) >= 11 is 1.49. The van der Waals surface area contributed by atoms with Gasteiger partial charge in [0.1, 0.15) is 5.75 Å². The van der Waals surface area contributed by atoms with Gasteiger partial charge in [0.05, 0.1) is 51.4 Å². The van der Waals surface area contributed by atoms with Crippen LogP contribution < -0.4 is 23.8 Å². The second-order valence-corrected chi connectivity index (χ2v) is 9.66. The van der Waals surface area contributed by atoms with E-state index in [4.69, 9.17) is 28.7 Å². The maximum atomic E-state index is 13.5. The minimum absolute atomic E-state index is 0.148. The van der Waals surface area contributed by atoms with E-state index < -0.39 is 0 Å². The normalized spacial score (nSPS) is 14.1. The maximum absolute atomic E-state index is 13.5. The van der Waals surface area contributed by atoms with Crippen molar-refractivity contribution in [1.29, 1.82) is 0 Å². The number of methoxy groups -OCH3 is 3. The summed E-state index contributed by atoms with van der Waals surface area (Å²) in [6.45, 7) is 7.32. The summed E-state index contributed by atoms with van der Waals surface area (Å²) in [4.78, 5) is 22.4. The Morgan fingerprint density at radius 3 is 2.50 bits per heavy atom. The fourth-order valence-corrected chi connectivity index (χ4v) is 5.32. The van der Waals surface area contributed by atoms with Gasteiger partial charge in [-0.3, -0.25) is 14.6 Å². The number of ether oxygens (including phenoxy) is 5. The summed E-state index contributed by atoms with van der Waals surface area (Å²) in [5, 5.41) is 0.662. The predicted octanol–water partition coefficient (Wildman–Crippen LogP) is 4.49. The molecule has 0 atom stereocenters. The number of thiazole rings is 1. The van der Waals surface area contributed by atoms with Gasteiger partial charge in [0.2, 0.25) is 5.75 Å². The number of carbonyl (C=O) groups excluding carboxylic acids is 1. The molecule has 204 valence electrons. The van der Waals surface area contributed by atoms with E-state index in [1.807, 2.05) is 25.1 Å². The standard InChI is InChI=1S/C28H35N3O6S/c1-5-37-21-8-9-22-25(19-21)38-28(29-22)31(12-6-11-30-13-15-36-16-14-30)26(32)10-7-20-17-23(33-2)27(35-4)24(18-20)34-3/h7-10,17-19H,5-6,11-16H2,1-4H3/b10-7+. The van der Waals surface area contributed by atoms with Crippen LogP contribution in [0.25, 0.3) is 16.3 Å². The average Bonchev–Trinajstić information content (AvgIpc) is 3.37. The number of fused-ring (bicyclic) bond motifs is 1. The molecule has 1 aliphatic rings. The van der Waals surface area contributed by atoms with Crippen LogP contribution in [0.1, 0.15) is 18.9 Å². The van der Waals surface area contributed by atoms with Gasteiger partial charge in [-0.1, -0.05) is 11.3 Å². The molecule has 0 saturated carbocycles. The Bertz CT molecular complexity index is 1230. The first-order valence-corrected chi connectivity index (χ1v) is 13.5. The van der Waals surface area contributed by atoms with Crippen molar-refractivity contribution in [2.24, 2.45) is 0 Å². The van der Waals surface area contributed by atoms with Crippen molar-refractivity contribution in [3.63, 3.8) is 0 Å². The van der Waals surface area contributed by atoms with Gasteiger partial charge in [-0.15, -0.1) is 0 Å². The topological polar surface area (TPSA) is 82.6 Å². The van der Waals surface area contributed by atoms with Crippen LogP contribution in [0, 0.1) is 0 Å². The van der Waals surface area contributed by atoms with Crippen LogP contribution in [-0.2, 0) is 9.53 Å². The van der Waals surface area contributed by atoms with Crippen molar-refractivity contribution >= 4 is 38.7 Å². The summed E-state index contributed by atoms with van der Waals surface area (Å²) in [6.07, 6.45) is 4.14.